The lowest BCUT2D eigenvalue weighted by molar-refractivity contribution is 0.369. The van der Waals surface area contributed by atoms with E-state index in [-0.39, 0.29) is 0 Å². The number of rotatable bonds is 2. The van der Waals surface area contributed by atoms with E-state index in [0.717, 1.165) is 18.8 Å². The van der Waals surface area contributed by atoms with Crippen LogP contribution in [0.2, 0.25) is 0 Å². The van der Waals surface area contributed by atoms with Gasteiger partial charge in [0.2, 0.25) is 0 Å². The van der Waals surface area contributed by atoms with Gasteiger partial charge in [-0.25, -0.2) is 0 Å². The Morgan fingerprint density at radius 1 is 1.06 bits per heavy atom. The molecular formula is C16H18O. The third kappa shape index (κ3) is 1.64. The smallest absolute Gasteiger partial charge is 0.0847 e. The van der Waals surface area contributed by atoms with Crippen LogP contribution in [0.15, 0.2) is 47.1 Å². The highest BCUT2D eigenvalue weighted by Gasteiger charge is 2.44. The van der Waals surface area contributed by atoms with Crippen molar-refractivity contribution in [2.45, 2.75) is 44.3 Å². The molecule has 1 heteroatoms. The molecule has 0 spiro atoms. The lowest BCUT2D eigenvalue weighted by Crippen LogP contribution is -2.15. The fraction of sp³-hybridized carbons (Fsp3) is 0.500. The second-order valence-corrected chi connectivity index (χ2v) is 5.59. The molecule has 0 bridgehead atoms. The molecule has 2 fully saturated rings. The standard InChI is InChI=1S/C16H18O/c1-2-5-11(4-1)13-6-3-7-14(13)12-8-9-15-16(10-12)17-15/h1-4,7,12,15-16H,5-6,8-10H2. The first-order valence-corrected chi connectivity index (χ1v) is 6.83. The van der Waals surface area contributed by atoms with E-state index in [0.29, 0.717) is 12.2 Å². The van der Waals surface area contributed by atoms with E-state index in [4.69, 9.17) is 4.74 Å². The van der Waals surface area contributed by atoms with Gasteiger partial charge < -0.3 is 4.74 Å². The first-order chi connectivity index (χ1) is 8.42. The van der Waals surface area contributed by atoms with Crippen LogP contribution >= 0.6 is 0 Å². The SMILES string of the molecule is C1=CCC(C2=C(C3CCC4OC4C3)C=CC2)=C1. The highest BCUT2D eigenvalue weighted by Crippen LogP contribution is 2.45. The summed E-state index contributed by atoms with van der Waals surface area (Å²) >= 11 is 0. The summed E-state index contributed by atoms with van der Waals surface area (Å²) in [6.45, 7) is 0. The van der Waals surface area contributed by atoms with Gasteiger partial charge in [-0.15, -0.1) is 0 Å². The minimum Gasteiger partial charge on any atom is -0.370 e. The normalized spacial score (nSPS) is 38.6. The van der Waals surface area contributed by atoms with Crippen LogP contribution in [0.25, 0.3) is 0 Å². The van der Waals surface area contributed by atoms with Crippen LogP contribution in [0.1, 0.15) is 32.1 Å². The molecule has 3 aliphatic carbocycles. The summed E-state index contributed by atoms with van der Waals surface area (Å²) in [7, 11) is 0. The fourth-order valence-electron chi connectivity index (χ4n) is 3.58. The molecule has 1 saturated heterocycles. The Morgan fingerprint density at radius 3 is 2.88 bits per heavy atom. The molecule has 1 saturated carbocycles. The maximum atomic E-state index is 5.65. The number of allylic oxidation sites excluding steroid dienone is 8. The lowest BCUT2D eigenvalue weighted by Gasteiger charge is -2.22. The summed E-state index contributed by atoms with van der Waals surface area (Å²) in [4.78, 5) is 0. The molecule has 3 unspecified atom stereocenters. The Morgan fingerprint density at radius 2 is 2.06 bits per heavy atom. The average molecular weight is 226 g/mol. The Bertz CT molecular complexity index is 464. The van der Waals surface area contributed by atoms with Gasteiger partial charge in [-0.3, -0.25) is 0 Å². The summed E-state index contributed by atoms with van der Waals surface area (Å²) in [5.41, 5.74) is 4.77. The molecule has 17 heavy (non-hydrogen) atoms. The van der Waals surface area contributed by atoms with Crippen LogP contribution in [0.3, 0.4) is 0 Å². The van der Waals surface area contributed by atoms with E-state index in [9.17, 15) is 0 Å². The molecule has 0 N–H and O–H groups in total. The predicted octanol–water partition coefficient (Wildman–Crippen LogP) is 3.70. The third-order valence-electron chi connectivity index (χ3n) is 4.57. The van der Waals surface area contributed by atoms with Crippen molar-refractivity contribution in [3.63, 3.8) is 0 Å². The number of fused-ring (bicyclic) bond motifs is 1. The average Bonchev–Trinajstić information content (AvgIpc) is 2.81. The fourth-order valence-corrected chi connectivity index (χ4v) is 3.58. The van der Waals surface area contributed by atoms with E-state index < -0.39 is 0 Å². The first kappa shape index (κ1) is 9.90. The number of hydrogen-bond donors (Lipinski definition) is 0. The van der Waals surface area contributed by atoms with Gasteiger partial charge in [-0.2, -0.15) is 0 Å². The van der Waals surface area contributed by atoms with E-state index in [1.807, 2.05) is 0 Å². The van der Waals surface area contributed by atoms with Gasteiger partial charge in [0.15, 0.2) is 0 Å². The van der Waals surface area contributed by atoms with E-state index in [1.54, 1.807) is 16.7 Å². The summed E-state index contributed by atoms with van der Waals surface area (Å²) in [5.74, 6) is 0.758. The molecule has 4 aliphatic rings. The van der Waals surface area contributed by atoms with Crippen LogP contribution in [0.5, 0.6) is 0 Å². The molecule has 1 nitrogen and oxygen atoms in total. The maximum Gasteiger partial charge on any atom is 0.0847 e. The van der Waals surface area contributed by atoms with Crippen molar-refractivity contribution < 1.29 is 4.74 Å². The van der Waals surface area contributed by atoms with Crippen LogP contribution in [0, 0.1) is 5.92 Å². The second-order valence-electron chi connectivity index (χ2n) is 5.59. The zero-order chi connectivity index (χ0) is 11.2. The van der Waals surface area contributed by atoms with Crippen molar-refractivity contribution in [1.29, 1.82) is 0 Å². The van der Waals surface area contributed by atoms with Crippen molar-refractivity contribution in [1.82, 2.24) is 0 Å². The van der Waals surface area contributed by atoms with Gasteiger partial charge in [-0.1, -0.05) is 30.4 Å². The summed E-state index contributed by atoms with van der Waals surface area (Å²) < 4.78 is 5.65. The molecule has 0 aromatic carbocycles. The molecule has 0 amide bonds. The summed E-state index contributed by atoms with van der Waals surface area (Å²) in [5, 5.41) is 0. The maximum absolute atomic E-state index is 5.65. The van der Waals surface area contributed by atoms with E-state index >= 15 is 0 Å². The second kappa shape index (κ2) is 3.71. The summed E-state index contributed by atoms with van der Waals surface area (Å²) in [6, 6.07) is 0. The minimum absolute atomic E-state index is 0.590. The largest absolute Gasteiger partial charge is 0.370 e. The molecule has 4 rings (SSSR count). The van der Waals surface area contributed by atoms with Gasteiger partial charge in [0.25, 0.3) is 0 Å². The van der Waals surface area contributed by atoms with Crippen LogP contribution in [0.4, 0.5) is 0 Å². The van der Waals surface area contributed by atoms with Crippen molar-refractivity contribution in [2.75, 3.05) is 0 Å². The predicted molar refractivity (Wildman–Crippen MR) is 68.6 cm³/mol. The zero-order valence-corrected chi connectivity index (χ0v) is 10.1. The van der Waals surface area contributed by atoms with Gasteiger partial charge in [-0.05, 0) is 54.7 Å². The topological polar surface area (TPSA) is 12.5 Å². The monoisotopic (exact) mass is 226 g/mol. The van der Waals surface area contributed by atoms with Crippen LogP contribution in [-0.4, -0.2) is 12.2 Å². The highest BCUT2D eigenvalue weighted by atomic mass is 16.6. The Kier molecular flexibility index (Phi) is 2.16. The molecule has 0 radical (unpaired) electrons. The van der Waals surface area contributed by atoms with Gasteiger partial charge >= 0.3 is 0 Å². The molecular weight excluding hydrogens is 208 g/mol. The van der Waals surface area contributed by atoms with Crippen molar-refractivity contribution in [3.05, 3.63) is 47.1 Å². The van der Waals surface area contributed by atoms with Gasteiger partial charge in [0, 0.05) is 0 Å². The van der Waals surface area contributed by atoms with Crippen LogP contribution < -0.4 is 0 Å². The number of hydrogen-bond acceptors (Lipinski definition) is 1. The molecule has 0 aromatic rings. The van der Waals surface area contributed by atoms with Crippen molar-refractivity contribution in [3.8, 4) is 0 Å². The zero-order valence-electron chi connectivity index (χ0n) is 10.1. The van der Waals surface area contributed by atoms with Gasteiger partial charge in [0.1, 0.15) is 0 Å². The number of ether oxygens (including phenoxy) is 1. The Labute approximate surface area is 103 Å². The quantitative estimate of drug-likeness (QED) is 0.654. The first-order valence-electron chi connectivity index (χ1n) is 6.83. The third-order valence-corrected chi connectivity index (χ3v) is 4.57. The van der Waals surface area contributed by atoms with Crippen molar-refractivity contribution in [2.24, 2.45) is 5.92 Å². The number of epoxide rings is 1. The van der Waals surface area contributed by atoms with Gasteiger partial charge in [0.05, 0.1) is 12.2 Å². The van der Waals surface area contributed by atoms with Crippen molar-refractivity contribution >= 4 is 0 Å². The Hall–Kier alpha value is -1.08. The summed E-state index contributed by atoms with van der Waals surface area (Å²) in [6.07, 6.45) is 18.8. The lowest BCUT2D eigenvalue weighted by atomic mass is 9.81. The molecule has 1 heterocycles. The van der Waals surface area contributed by atoms with E-state index in [2.05, 4.69) is 30.4 Å². The Balaban J connectivity index is 1.61. The van der Waals surface area contributed by atoms with Crippen LogP contribution in [-0.2, 0) is 4.74 Å². The molecule has 3 atom stereocenters. The highest BCUT2D eigenvalue weighted by molar-refractivity contribution is 5.50. The molecule has 1 aliphatic heterocycles. The van der Waals surface area contributed by atoms with E-state index in [1.165, 1.54) is 19.3 Å². The minimum atomic E-state index is 0.590. The molecule has 0 aromatic heterocycles. The molecule has 88 valence electrons.